The summed E-state index contributed by atoms with van der Waals surface area (Å²) in [4.78, 5) is 17.8. The van der Waals surface area contributed by atoms with Gasteiger partial charge in [-0.15, -0.1) is 0 Å². The summed E-state index contributed by atoms with van der Waals surface area (Å²) in [6.45, 7) is 9.92. The van der Waals surface area contributed by atoms with E-state index in [1.165, 1.54) is 18.4 Å². The van der Waals surface area contributed by atoms with E-state index >= 15 is 0 Å². The lowest BCUT2D eigenvalue weighted by Crippen LogP contribution is -2.61. The van der Waals surface area contributed by atoms with Gasteiger partial charge in [-0.3, -0.25) is 14.6 Å². The van der Waals surface area contributed by atoms with Crippen LogP contribution >= 0.6 is 0 Å². The van der Waals surface area contributed by atoms with Crippen molar-refractivity contribution in [2.45, 2.75) is 63.6 Å². The van der Waals surface area contributed by atoms with Crippen LogP contribution in [0.2, 0.25) is 0 Å². The van der Waals surface area contributed by atoms with Crippen molar-refractivity contribution in [1.29, 1.82) is 0 Å². The number of piperidine rings is 3. The predicted octanol–water partition coefficient (Wildman–Crippen LogP) is 2.99. The second kappa shape index (κ2) is 7.17. The molecule has 5 rings (SSSR count). The molecule has 4 saturated heterocycles. The molecule has 0 unspecified atom stereocenters. The third-order valence-electron chi connectivity index (χ3n) is 7.10. The van der Waals surface area contributed by atoms with Crippen LogP contribution in [0.5, 0.6) is 0 Å². The van der Waals surface area contributed by atoms with E-state index < -0.39 is 0 Å². The lowest BCUT2D eigenvalue weighted by molar-refractivity contribution is -0.125. The number of rotatable bonds is 5. The van der Waals surface area contributed by atoms with Crippen LogP contribution < -0.4 is 5.32 Å². The zero-order chi connectivity index (χ0) is 19.2. The van der Waals surface area contributed by atoms with E-state index in [2.05, 4.69) is 35.9 Å². The molecule has 0 saturated carbocycles. The van der Waals surface area contributed by atoms with E-state index in [-0.39, 0.29) is 17.3 Å². The van der Waals surface area contributed by atoms with Crippen LogP contribution in [0.15, 0.2) is 24.3 Å². The van der Waals surface area contributed by atoms with Crippen LogP contribution in [-0.4, -0.2) is 59.5 Å². The first-order valence-electron chi connectivity index (χ1n) is 10.4. The molecule has 1 aromatic rings. The smallest absolute Gasteiger partial charge is 0.234 e. The highest BCUT2D eigenvalue weighted by Crippen LogP contribution is 2.46. The molecule has 1 N–H and O–H groups in total. The van der Waals surface area contributed by atoms with Gasteiger partial charge in [-0.1, -0.05) is 19.1 Å². The fourth-order valence-electron chi connectivity index (χ4n) is 5.42. The molecule has 0 aliphatic carbocycles. The minimum atomic E-state index is -0.184. The summed E-state index contributed by atoms with van der Waals surface area (Å²) in [6, 6.07) is 7.90. The molecule has 27 heavy (non-hydrogen) atoms. The van der Waals surface area contributed by atoms with Crippen molar-refractivity contribution in [2.75, 3.05) is 26.2 Å². The Kier molecular flexibility index (Phi) is 5.02. The molecule has 148 valence electrons. The van der Waals surface area contributed by atoms with E-state index in [0.717, 1.165) is 26.1 Å². The van der Waals surface area contributed by atoms with Crippen LogP contribution in [-0.2, 0) is 4.79 Å². The predicted molar refractivity (Wildman–Crippen MR) is 105 cm³/mol. The third kappa shape index (κ3) is 3.64. The van der Waals surface area contributed by atoms with E-state index in [4.69, 9.17) is 0 Å². The summed E-state index contributed by atoms with van der Waals surface area (Å²) in [6.07, 6.45) is 3.38. The van der Waals surface area contributed by atoms with Crippen LogP contribution in [0, 0.1) is 11.7 Å². The first kappa shape index (κ1) is 18.9. The molecule has 1 aromatic carbocycles. The van der Waals surface area contributed by atoms with Gasteiger partial charge in [-0.2, -0.15) is 0 Å². The second-order valence-corrected chi connectivity index (χ2v) is 9.23. The molecule has 4 aliphatic rings. The fourth-order valence-corrected chi connectivity index (χ4v) is 5.42. The summed E-state index contributed by atoms with van der Waals surface area (Å²) in [7, 11) is 0. The number of hydrogen-bond donors (Lipinski definition) is 1. The van der Waals surface area contributed by atoms with Gasteiger partial charge >= 0.3 is 0 Å². The Labute approximate surface area is 162 Å². The molecule has 0 radical (unpaired) electrons. The monoisotopic (exact) mass is 373 g/mol. The van der Waals surface area contributed by atoms with Gasteiger partial charge in [-0.25, -0.2) is 4.39 Å². The summed E-state index contributed by atoms with van der Waals surface area (Å²) < 4.78 is 13.4. The molecule has 1 amide bonds. The number of likely N-dealkylation sites (tertiary alicyclic amines) is 1. The molecule has 0 aromatic heterocycles. The number of nitrogens with one attached hydrogen (secondary N) is 1. The average Bonchev–Trinajstić information content (AvgIpc) is 3.04. The first-order valence-corrected chi connectivity index (χ1v) is 10.4. The quantitative estimate of drug-likeness (QED) is 0.862. The molecule has 5 heteroatoms. The zero-order valence-electron chi connectivity index (χ0n) is 16.7. The van der Waals surface area contributed by atoms with Gasteiger partial charge in [0.15, 0.2) is 0 Å². The molecular weight excluding hydrogens is 341 g/mol. The Hall–Kier alpha value is -1.46. The van der Waals surface area contributed by atoms with Crippen molar-refractivity contribution in [1.82, 2.24) is 15.1 Å². The Balaban J connectivity index is 1.55. The number of carbonyl (C=O) groups is 1. The highest BCUT2D eigenvalue weighted by Gasteiger charge is 2.53. The fraction of sp³-hybridized carbons (Fsp3) is 0.682. The SMILES string of the molecule is CCC(C)(C)NC(=O)CN1C[C@H](c2ccc(F)cc2)[C@@H]2[C@H]1C1CCN2CC1. The Morgan fingerprint density at radius 1 is 1.19 bits per heavy atom. The Bertz CT molecular complexity index is 681. The molecule has 0 spiro atoms. The maximum atomic E-state index is 13.4. The van der Waals surface area contributed by atoms with Crippen LogP contribution in [0.4, 0.5) is 4.39 Å². The van der Waals surface area contributed by atoms with E-state index in [1.54, 1.807) is 12.1 Å². The lowest BCUT2D eigenvalue weighted by Gasteiger charge is -2.51. The minimum Gasteiger partial charge on any atom is -0.350 e. The van der Waals surface area contributed by atoms with Crippen LogP contribution in [0.25, 0.3) is 0 Å². The van der Waals surface area contributed by atoms with E-state index in [9.17, 15) is 9.18 Å². The number of fused-ring (bicyclic) bond motifs is 2. The summed E-state index contributed by atoms with van der Waals surface area (Å²) in [5.41, 5.74) is 1.04. The first-order chi connectivity index (χ1) is 12.9. The average molecular weight is 374 g/mol. The van der Waals surface area contributed by atoms with Gasteiger partial charge in [-0.05, 0) is 69.8 Å². The third-order valence-corrected chi connectivity index (χ3v) is 7.10. The molecule has 4 fully saturated rings. The largest absolute Gasteiger partial charge is 0.350 e. The molecule has 4 aliphatic heterocycles. The highest BCUT2D eigenvalue weighted by molar-refractivity contribution is 5.79. The lowest BCUT2D eigenvalue weighted by atomic mass is 9.75. The van der Waals surface area contributed by atoms with Crippen LogP contribution in [0.3, 0.4) is 0 Å². The Morgan fingerprint density at radius 3 is 2.48 bits per heavy atom. The molecule has 4 heterocycles. The maximum Gasteiger partial charge on any atom is 0.234 e. The van der Waals surface area contributed by atoms with Crippen LogP contribution in [0.1, 0.15) is 51.5 Å². The van der Waals surface area contributed by atoms with E-state index in [1.807, 2.05) is 12.1 Å². The summed E-state index contributed by atoms with van der Waals surface area (Å²) in [5, 5.41) is 3.19. The van der Waals surface area contributed by atoms with Gasteiger partial charge in [0.25, 0.3) is 0 Å². The number of hydrogen-bond acceptors (Lipinski definition) is 3. The molecule has 2 bridgehead atoms. The zero-order valence-corrected chi connectivity index (χ0v) is 16.7. The molecular formula is C22H32FN3O. The summed E-state index contributed by atoms with van der Waals surface area (Å²) in [5.74, 6) is 0.969. The van der Waals surface area contributed by atoms with Crippen molar-refractivity contribution in [3.63, 3.8) is 0 Å². The topological polar surface area (TPSA) is 35.6 Å². The number of nitrogens with zero attached hydrogens (tertiary/aromatic N) is 2. The highest BCUT2D eigenvalue weighted by atomic mass is 19.1. The van der Waals surface area contributed by atoms with Crippen molar-refractivity contribution >= 4 is 5.91 Å². The van der Waals surface area contributed by atoms with Crippen molar-refractivity contribution in [3.05, 3.63) is 35.6 Å². The number of amides is 1. The second-order valence-electron chi connectivity index (χ2n) is 9.23. The van der Waals surface area contributed by atoms with Crippen molar-refractivity contribution < 1.29 is 9.18 Å². The van der Waals surface area contributed by atoms with Gasteiger partial charge in [0.2, 0.25) is 5.91 Å². The normalized spacial score (nSPS) is 33.1. The maximum absolute atomic E-state index is 13.4. The number of benzene rings is 1. The number of carbonyl (C=O) groups excluding carboxylic acids is 1. The molecule has 4 nitrogen and oxygen atoms in total. The van der Waals surface area contributed by atoms with E-state index in [0.29, 0.717) is 30.5 Å². The van der Waals surface area contributed by atoms with Crippen molar-refractivity contribution in [2.24, 2.45) is 5.92 Å². The number of halogens is 1. The Morgan fingerprint density at radius 2 is 1.85 bits per heavy atom. The van der Waals surface area contributed by atoms with Gasteiger partial charge < -0.3 is 5.32 Å². The van der Waals surface area contributed by atoms with Gasteiger partial charge in [0.05, 0.1) is 6.54 Å². The van der Waals surface area contributed by atoms with Gasteiger partial charge in [0.1, 0.15) is 5.82 Å². The minimum absolute atomic E-state index is 0.122. The van der Waals surface area contributed by atoms with Crippen molar-refractivity contribution in [3.8, 4) is 0 Å². The molecule has 3 atom stereocenters. The van der Waals surface area contributed by atoms with Gasteiger partial charge in [0, 0.05) is 30.1 Å². The standard InChI is InChI=1S/C22H32FN3O/c1-4-22(2,3)24-19(27)14-26-13-18(15-5-7-17(23)8-6-15)21-20(26)16-9-11-25(21)12-10-16/h5-8,16,18,20-21H,4,9-14H2,1-3H3,(H,24,27)/t18-,20-,21-/m1/s1. The summed E-state index contributed by atoms with van der Waals surface area (Å²) >= 11 is 0.